The Morgan fingerprint density at radius 3 is 2.67 bits per heavy atom. The molecule has 0 amide bonds. The smallest absolute Gasteiger partial charge is 0.0175 e. The van der Waals surface area contributed by atoms with E-state index >= 15 is 0 Å². The van der Waals surface area contributed by atoms with Crippen LogP contribution in [0.4, 0.5) is 0 Å². The van der Waals surface area contributed by atoms with Gasteiger partial charge in [-0.05, 0) is 56.6 Å². The van der Waals surface area contributed by atoms with Crippen molar-refractivity contribution in [2.75, 3.05) is 6.26 Å². The summed E-state index contributed by atoms with van der Waals surface area (Å²) < 4.78 is 1.16. The second-order valence-electron chi connectivity index (χ2n) is 5.27. The number of thioether (sulfide) groups is 1. The van der Waals surface area contributed by atoms with Crippen LogP contribution in [0, 0.1) is 0 Å². The second kappa shape index (κ2) is 6.97. The van der Waals surface area contributed by atoms with E-state index in [1.54, 1.807) is 0 Å². The SMILES string of the molecule is CSC1CCC(NC(C)Cc2ccc(Br)cc2)C1. The van der Waals surface area contributed by atoms with Gasteiger partial charge < -0.3 is 5.32 Å². The summed E-state index contributed by atoms with van der Waals surface area (Å²) in [6.07, 6.45) is 7.41. The highest BCUT2D eigenvalue weighted by Crippen LogP contribution is 2.28. The van der Waals surface area contributed by atoms with Crippen molar-refractivity contribution in [3.63, 3.8) is 0 Å². The van der Waals surface area contributed by atoms with E-state index in [1.807, 2.05) is 11.8 Å². The van der Waals surface area contributed by atoms with Crippen LogP contribution in [0.15, 0.2) is 28.7 Å². The minimum Gasteiger partial charge on any atom is -0.311 e. The first-order chi connectivity index (χ1) is 8.67. The molecule has 1 fully saturated rings. The lowest BCUT2D eigenvalue weighted by Crippen LogP contribution is -2.36. The highest BCUT2D eigenvalue weighted by atomic mass is 79.9. The fourth-order valence-corrected chi connectivity index (χ4v) is 3.80. The number of rotatable bonds is 5. The molecule has 3 heteroatoms. The number of halogens is 1. The summed E-state index contributed by atoms with van der Waals surface area (Å²) in [6.45, 7) is 2.30. The minimum atomic E-state index is 0.566. The Kier molecular flexibility index (Phi) is 5.58. The van der Waals surface area contributed by atoms with E-state index in [1.165, 1.54) is 24.8 Å². The first kappa shape index (κ1) is 14.4. The fraction of sp³-hybridized carbons (Fsp3) is 0.600. The molecule has 0 radical (unpaired) electrons. The van der Waals surface area contributed by atoms with Crippen molar-refractivity contribution in [2.45, 2.75) is 49.9 Å². The van der Waals surface area contributed by atoms with Gasteiger partial charge in [0.15, 0.2) is 0 Å². The third-order valence-corrected chi connectivity index (χ3v) is 5.32. The summed E-state index contributed by atoms with van der Waals surface area (Å²) in [5.74, 6) is 0. The quantitative estimate of drug-likeness (QED) is 0.867. The molecule has 1 aliphatic carbocycles. The van der Waals surface area contributed by atoms with Crippen LogP contribution < -0.4 is 5.32 Å². The molecule has 2 rings (SSSR count). The van der Waals surface area contributed by atoms with E-state index in [4.69, 9.17) is 0 Å². The van der Waals surface area contributed by atoms with Gasteiger partial charge in [0, 0.05) is 21.8 Å². The van der Waals surface area contributed by atoms with Gasteiger partial charge in [0.1, 0.15) is 0 Å². The number of hydrogen-bond donors (Lipinski definition) is 1. The molecule has 3 unspecified atom stereocenters. The lowest BCUT2D eigenvalue weighted by atomic mass is 10.1. The van der Waals surface area contributed by atoms with Crippen LogP contribution in [0.1, 0.15) is 31.7 Å². The summed E-state index contributed by atoms with van der Waals surface area (Å²) in [5, 5.41) is 4.66. The van der Waals surface area contributed by atoms with Crippen LogP contribution >= 0.6 is 27.7 Å². The largest absolute Gasteiger partial charge is 0.311 e. The van der Waals surface area contributed by atoms with Crippen molar-refractivity contribution < 1.29 is 0 Å². The Balaban J connectivity index is 1.78. The maximum absolute atomic E-state index is 3.78. The molecule has 1 aliphatic rings. The van der Waals surface area contributed by atoms with Gasteiger partial charge in [0.25, 0.3) is 0 Å². The molecular formula is C15H22BrNS. The second-order valence-corrected chi connectivity index (χ2v) is 7.32. The molecule has 18 heavy (non-hydrogen) atoms. The van der Waals surface area contributed by atoms with Gasteiger partial charge >= 0.3 is 0 Å². The lowest BCUT2D eigenvalue weighted by Gasteiger charge is -2.19. The summed E-state index contributed by atoms with van der Waals surface area (Å²) in [4.78, 5) is 0. The molecule has 100 valence electrons. The van der Waals surface area contributed by atoms with E-state index in [9.17, 15) is 0 Å². The predicted molar refractivity (Wildman–Crippen MR) is 85.4 cm³/mol. The highest BCUT2D eigenvalue weighted by Gasteiger charge is 2.24. The van der Waals surface area contributed by atoms with E-state index in [0.29, 0.717) is 6.04 Å². The summed E-state index contributed by atoms with van der Waals surface area (Å²) >= 11 is 5.50. The summed E-state index contributed by atoms with van der Waals surface area (Å²) in [6, 6.07) is 9.97. The van der Waals surface area contributed by atoms with Crippen molar-refractivity contribution in [1.29, 1.82) is 0 Å². The van der Waals surface area contributed by atoms with Gasteiger partial charge in [-0.15, -0.1) is 0 Å². The average molecular weight is 328 g/mol. The molecule has 0 aliphatic heterocycles. The van der Waals surface area contributed by atoms with Gasteiger partial charge in [0.2, 0.25) is 0 Å². The lowest BCUT2D eigenvalue weighted by molar-refractivity contribution is 0.449. The molecule has 0 bridgehead atoms. The normalized spacial score (nSPS) is 25.3. The molecule has 0 saturated heterocycles. The third-order valence-electron chi connectivity index (χ3n) is 3.69. The van der Waals surface area contributed by atoms with Crippen LogP contribution in [0.2, 0.25) is 0 Å². The van der Waals surface area contributed by atoms with E-state index < -0.39 is 0 Å². The molecule has 1 N–H and O–H groups in total. The van der Waals surface area contributed by atoms with Crippen molar-refractivity contribution in [3.8, 4) is 0 Å². The molecule has 0 spiro atoms. The molecule has 1 aromatic carbocycles. The van der Waals surface area contributed by atoms with Crippen LogP contribution in [0.3, 0.4) is 0 Å². The topological polar surface area (TPSA) is 12.0 Å². The first-order valence-corrected chi connectivity index (χ1v) is 8.78. The molecule has 1 aromatic rings. The van der Waals surface area contributed by atoms with E-state index in [0.717, 1.165) is 22.2 Å². The number of nitrogens with one attached hydrogen (secondary N) is 1. The highest BCUT2D eigenvalue weighted by molar-refractivity contribution is 9.10. The first-order valence-electron chi connectivity index (χ1n) is 6.70. The van der Waals surface area contributed by atoms with Crippen LogP contribution in [-0.4, -0.2) is 23.6 Å². The van der Waals surface area contributed by atoms with Gasteiger partial charge in [0.05, 0.1) is 0 Å². The summed E-state index contributed by atoms with van der Waals surface area (Å²) in [5.41, 5.74) is 1.41. The standard InChI is InChI=1S/C15H22BrNS/c1-11(9-12-3-5-13(16)6-4-12)17-14-7-8-15(10-14)18-2/h3-6,11,14-15,17H,7-10H2,1-2H3. The van der Waals surface area contributed by atoms with Gasteiger partial charge in [-0.3, -0.25) is 0 Å². The third kappa shape index (κ3) is 4.29. The van der Waals surface area contributed by atoms with Crippen molar-refractivity contribution >= 4 is 27.7 Å². The van der Waals surface area contributed by atoms with Crippen molar-refractivity contribution in [2.24, 2.45) is 0 Å². The predicted octanol–water partition coefficient (Wildman–Crippen LogP) is 4.25. The molecule has 1 nitrogen and oxygen atoms in total. The van der Waals surface area contributed by atoms with Crippen LogP contribution in [0.25, 0.3) is 0 Å². The zero-order chi connectivity index (χ0) is 13.0. The maximum atomic E-state index is 3.78. The molecule has 0 heterocycles. The minimum absolute atomic E-state index is 0.566. The van der Waals surface area contributed by atoms with Crippen molar-refractivity contribution in [1.82, 2.24) is 5.32 Å². The Morgan fingerprint density at radius 2 is 2.06 bits per heavy atom. The number of benzene rings is 1. The Hall–Kier alpha value is 0.01000. The maximum Gasteiger partial charge on any atom is 0.0175 e. The average Bonchev–Trinajstić information content (AvgIpc) is 2.79. The Labute approximate surface area is 123 Å². The van der Waals surface area contributed by atoms with Crippen molar-refractivity contribution in [3.05, 3.63) is 34.3 Å². The monoisotopic (exact) mass is 327 g/mol. The molecule has 3 atom stereocenters. The summed E-state index contributed by atoms with van der Waals surface area (Å²) in [7, 11) is 0. The van der Waals surface area contributed by atoms with Crippen LogP contribution in [-0.2, 0) is 6.42 Å². The fourth-order valence-electron chi connectivity index (χ4n) is 2.74. The van der Waals surface area contributed by atoms with E-state index in [2.05, 4.69) is 58.7 Å². The molecular weight excluding hydrogens is 306 g/mol. The Bertz CT molecular complexity index is 365. The zero-order valence-corrected chi connectivity index (χ0v) is 13.6. The molecule has 0 aromatic heterocycles. The van der Waals surface area contributed by atoms with Gasteiger partial charge in [-0.2, -0.15) is 11.8 Å². The zero-order valence-electron chi connectivity index (χ0n) is 11.2. The van der Waals surface area contributed by atoms with E-state index in [-0.39, 0.29) is 0 Å². The number of hydrogen-bond acceptors (Lipinski definition) is 2. The Morgan fingerprint density at radius 1 is 1.33 bits per heavy atom. The van der Waals surface area contributed by atoms with Gasteiger partial charge in [-0.1, -0.05) is 28.1 Å². The molecule has 1 saturated carbocycles. The van der Waals surface area contributed by atoms with Gasteiger partial charge in [-0.25, -0.2) is 0 Å². The van der Waals surface area contributed by atoms with Crippen LogP contribution in [0.5, 0.6) is 0 Å².